The summed E-state index contributed by atoms with van der Waals surface area (Å²) in [6.07, 6.45) is 70.0. The third-order valence-corrected chi connectivity index (χ3v) is 13.7. The van der Waals surface area contributed by atoms with Gasteiger partial charge in [0.25, 0.3) is 0 Å². The number of carbonyl (C=O) groups is 3. The predicted octanol–water partition coefficient (Wildman–Crippen LogP) is 20.4. The number of rotatable bonds is 56. The Balaban J connectivity index is 4.32. The standard InChI is InChI=1S/C63H116O6/c1-4-7-10-13-16-19-22-25-28-30-31-33-35-38-41-44-47-50-53-56-62(65)68-59-60(58-67-61(64)55-52-49-46-43-40-37-34-27-24-21-18-15-12-9-6-3)69-63(66)57-54-51-48-45-42-39-36-32-29-26-23-20-17-14-11-8-5-2/h9,12,18,21,27,34,60H,4-8,10-11,13-17,19-20,22-26,28-33,35-59H2,1-3H3/b12-9+,21-18+,34-27+/t60-/m1/s1. The first kappa shape index (κ1) is 66.6. The Kier molecular flexibility index (Phi) is 56.2. The topological polar surface area (TPSA) is 78.9 Å². The molecular formula is C63H116O6. The second-order valence-corrected chi connectivity index (χ2v) is 20.6. The summed E-state index contributed by atoms with van der Waals surface area (Å²) in [5.41, 5.74) is 0. The minimum Gasteiger partial charge on any atom is -0.462 e. The highest BCUT2D eigenvalue weighted by Gasteiger charge is 2.19. The van der Waals surface area contributed by atoms with Crippen molar-refractivity contribution in [3.8, 4) is 0 Å². The lowest BCUT2D eigenvalue weighted by Gasteiger charge is -2.18. The molecule has 1 atom stereocenters. The van der Waals surface area contributed by atoms with Crippen LogP contribution in [0.3, 0.4) is 0 Å². The molecule has 0 amide bonds. The van der Waals surface area contributed by atoms with Crippen LogP contribution in [0.15, 0.2) is 36.5 Å². The van der Waals surface area contributed by atoms with Gasteiger partial charge < -0.3 is 14.2 Å². The lowest BCUT2D eigenvalue weighted by atomic mass is 10.0. The van der Waals surface area contributed by atoms with E-state index in [9.17, 15) is 14.4 Å². The van der Waals surface area contributed by atoms with Crippen LogP contribution in [0.4, 0.5) is 0 Å². The van der Waals surface area contributed by atoms with Crippen molar-refractivity contribution >= 4 is 17.9 Å². The molecular weight excluding hydrogens is 853 g/mol. The van der Waals surface area contributed by atoms with Crippen molar-refractivity contribution < 1.29 is 28.6 Å². The number of esters is 3. The molecule has 0 saturated heterocycles. The molecule has 0 aromatic rings. The summed E-state index contributed by atoms with van der Waals surface area (Å²) in [5, 5.41) is 0. The van der Waals surface area contributed by atoms with E-state index in [1.807, 2.05) is 0 Å². The fourth-order valence-electron chi connectivity index (χ4n) is 9.11. The molecule has 69 heavy (non-hydrogen) atoms. The van der Waals surface area contributed by atoms with E-state index in [1.54, 1.807) is 0 Å². The van der Waals surface area contributed by atoms with Crippen molar-refractivity contribution in [2.45, 2.75) is 335 Å². The van der Waals surface area contributed by atoms with Gasteiger partial charge in [-0.25, -0.2) is 0 Å². The fourth-order valence-corrected chi connectivity index (χ4v) is 9.11. The zero-order chi connectivity index (χ0) is 50.0. The molecule has 0 heterocycles. The highest BCUT2D eigenvalue weighted by Crippen LogP contribution is 2.18. The van der Waals surface area contributed by atoms with Crippen molar-refractivity contribution in [3.05, 3.63) is 36.5 Å². The Bertz CT molecular complexity index is 1160. The second-order valence-electron chi connectivity index (χ2n) is 20.6. The molecule has 0 spiro atoms. The van der Waals surface area contributed by atoms with Gasteiger partial charge >= 0.3 is 17.9 Å². The number of ether oxygens (including phenoxy) is 3. The van der Waals surface area contributed by atoms with Crippen LogP contribution in [-0.4, -0.2) is 37.2 Å². The van der Waals surface area contributed by atoms with Crippen LogP contribution in [-0.2, 0) is 28.6 Å². The average molecular weight is 970 g/mol. The average Bonchev–Trinajstić information content (AvgIpc) is 3.35. The van der Waals surface area contributed by atoms with Crippen molar-refractivity contribution in [2.75, 3.05) is 13.2 Å². The first-order valence-corrected chi connectivity index (χ1v) is 30.5. The lowest BCUT2D eigenvalue weighted by Crippen LogP contribution is -2.30. The molecule has 0 unspecified atom stereocenters. The smallest absolute Gasteiger partial charge is 0.306 e. The molecule has 0 N–H and O–H groups in total. The number of unbranched alkanes of at least 4 members (excludes halogenated alkanes) is 39. The Labute approximate surface area is 429 Å². The van der Waals surface area contributed by atoms with E-state index in [1.165, 1.54) is 193 Å². The van der Waals surface area contributed by atoms with E-state index in [-0.39, 0.29) is 31.1 Å². The number of hydrogen-bond donors (Lipinski definition) is 0. The highest BCUT2D eigenvalue weighted by atomic mass is 16.6. The molecule has 0 saturated carbocycles. The molecule has 0 fully saturated rings. The van der Waals surface area contributed by atoms with Crippen LogP contribution in [0.1, 0.15) is 329 Å². The van der Waals surface area contributed by atoms with Crippen LogP contribution >= 0.6 is 0 Å². The second kappa shape index (κ2) is 58.2. The van der Waals surface area contributed by atoms with Gasteiger partial charge in [0.2, 0.25) is 0 Å². The molecule has 6 nitrogen and oxygen atoms in total. The third kappa shape index (κ3) is 56.4. The van der Waals surface area contributed by atoms with E-state index in [4.69, 9.17) is 14.2 Å². The number of hydrogen-bond acceptors (Lipinski definition) is 6. The summed E-state index contributed by atoms with van der Waals surface area (Å²) >= 11 is 0. The summed E-state index contributed by atoms with van der Waals surface area (Å²) in [4.78, 5) is 38.2. The van der Waals surface area contributed by atoms with Crippen LogP contribution in [0.2, 0.25) is 0 Å². The minimum atomic E-state index is -0.775. The lowest BCUT2D eigenvalue weighted by molar-refractivity contribution is -0.167. The van der Waals surface area contributed by atoms with Gasteiger partial charge in [0.1, 0.15) is 13.2 Å². The normalized spacial score (nSPS) is 12.2. The molecule has 404 valence electrons. The summed E-state index contributed by atoms with van der Waals surface area (Å²) in [5.74, 6) is -0.867. The predicted molar refractivity (Wildman–Crippen MR) is 298 cm³/mol. The van der Waals surface area contributed by atoms with E-state index >= 15 is 0 Å². The van der Waals surface area contributed by atoms with E-state index in [0.29, 0.717) is 19.3 Å². The van der Waals surface area contributed by atoms with Crippen molar-refractivity contribution in [3.63, 3.8) is 0 Å². The maximum Gasteiger partial charge on any atom is 0.306 e. The van der Waals surface area contributed by atoms with Gasteiger partial charge in [-0.1, -0.05) is 295 Å². The van der Waals surface area contributed by atoms with Crippen molar-refractivity contribution in [2.24, 2.45) is 0 Å². The molecule has 0 aromatic carbocycles. The van der Waals surface area contributed by atoms with Crippen molar-refractivity contribution in [1.82, 2.24) is 0 Å². The van der Waals surface area contributed by atoms with Crippen LogP contribution in [0.25, 0.3) is 0 Å². The van der Waals surface area contributed by atoms with Crippen LogP contribution < -0.4 is 0 Å². The SMILES string of the molecule is CC/C=C/C/C=C/C/C=C/CCCCCCCC(=O)OC[C@H](COC(=O)CCCCCCCCCCCCCCCCCCCCC)OC(=O)CCCCCCCCCCCCCCCCCCC. The summed E-state index contributed by atoms with van der Waals surface area (Å²) in [7, 11) is 0. The Hall–Kier alpha value is -2.37. The fraction of sp³-hybridized carbons (Fsp3) is 0.857. The minimum absolute atomic E-state index is 0.0724. The Morgan fingerprint density at radius 2 is 0.565 bits per heavy atom. The molecule has 0 aliphatic rings. The van der Waals surface area contributed by atoms with Gasteiger partial charge in [-0.15, -0.1) is 0 Å². The molecule has 0 rings (SSSR count). The molecule has 6 heteroatoms. The van der Waals surface area contributed by atoms with E-state index in [0.717, 1.165) is 96.3 Å². The Morgan fingerprint density at radius 1 is 0.304 bits per heavy atom. The third-order valence-electron chi connectivity index (χ3n) is 13.7. The maximum atomic E-state index is 12.9. The maximum absolute atomic E-state index is 12.9. The van der Waals surface area contributed by atoms with E-state index in [2.05, 4.69) is 57.2 Å². The zero-order valence-corrected chi connectivity index (χ0v) is 46.3. The molecule has 0 bridgehead atoms. The monoisotopic (exact) mass is 969 g/mol. The van der Waals surface area contributed by atoms with Gasteiger partial charge in [0.15, 0.2) is 6.10 Å². The molecule has 0 aromatic heterocycles. The van der Waals surface area contributed by atoms with Gasteiger partial charge in [-0.2, -0.15) is 0 Å². The Morgan fingerprint density at radius 3 is 0.884 bits per heavy atom. The largest absolute Gasteiger partial charge is 0.462 e. The number of carbonyl (C=O) groups excluding carboxylic acids is 3. The highest BCUT2D eigenvalue weighted by molar-refractivity contribution is 5.71. The number of allylic oxidation sites excluding steroid dienone is 6. The first-order chi connectivity index (χ1) is 34.0. The zero-order valence-electron chi connectivity index (χ0n) is 46.3. The van der Waals surface area contributed by atoms with Gasteiger partial charge in [0, 0.05) is 19.3 Å². The molecule has 0 aliphatic heterocycles. The van der Waals surface area contributed by atoms with Crippen molar-refractivity contribution in [1.29, 1.82) is 0 Å². The quantitative estimate of drug-likeness (QED) is 0.0261. The van der Waals surface area contributed by atoms with Crippen LogP contribution in [0, 0.1) is 0 Å². The van der Waals surface area contributed by atoms with Gasteiger partial charge in [-0.05, 0) is 51.4 Å². The summed E-state index contributed by atoms with van der Waals surface area (Å²) < 4.78 is 16.9. The summed E-state index contributed by atoms with van der Waals surface area (Å²) in [6.45, 7) is 6.57. The molecule has 0 radical (unpaired) electrons. The van der Waals surface area contributed by atoms with Gasteiger partial charge in [0.05, 0.1) is 0 Å². The first-order valence-electron chi connectivity index (χ1n) is 30.5. The van der Waals surface area contributed by atoms with E-state index < -0.39 is 6.10 Å². The van der Waals surface area contributed by atoms with Crippen LogP contribution in [0.5, 0.6) is 0 Å². The summed E-state index contributed by atoms with van der Waals surface area (Å²) in [6, 6.07) is 0. The van der Waals surface area contributed by atoms with Gasteiger partial charge in [-0.3, -0.25) is 14.4 Å². The molecule has 0 aliphatic carbocycles.